The normalized spacial score (nSPS) is 10.9. The first kappa shape index (κ1) is 14.8. The SMILES string of the molecule is CNc1cc(C)nc(CN(CCO)CCOC)n1. The van der Waals surface area contributed by atoms with Gasteiger partial charge in [-0.2, -0.15) is 0 Å². The Morgan fingerprint density at radius 1 is 1.39 bits per heavy atom. The molecule has 0 fully saturated rings. The molecule has 1 aromatic rings. The average Bonchev–Trinajstić information content (AvgIpc) is 2.35. The van der Waals surface area contributed by atoms with Crippen LogP contribution in [0.25, 0.3) is 0 Å². The lowest BCUT2D eigenvalue weighted by Gasteiger charge is -2.20. The number of aliphatic hydroxyl groups excluding tert-OH is 1. The van der Waals surface area contributed by atoms with E-state index in [0.717, 1.165) is 23.9 Å². The van der Waals surface area contributed by atoms with Crippen molar-refractivity contribution in [2.24, 2.45) is 0 Å². The van der Waals surface area contributed by atoms with Crippen LogP contribution >= 0.6 is 0 Å². The van der Waals surface area contributed by atoms with Crippen LogP contribution in [0.15, 0.2) is 6.07 Å². The molecule has 2 N–H and O–H groups in total. The largest absolute Gasteiger partial charge is 0.395 e. The number of hydrogen-bond donors (Lipinski definition) is 2. The van der Waals surface area contributed by atoms with Crippen molar-refractivity contribution in [1.82, 2.24) is 14.9 Å². The van der Waals surface area contributed by atoms with Gasteiger partial charge in [0.05, 0.1) is 19.8 Å². The minimum Gasteiger partial charge on any atom is -0.395 e. The van der Waals surface area contributed by atoms with Crippen molar-refractivity contribution >= 4 is 5.82 Å². The molecule has 0 aromatic carbocycles. The molecule has 18 heavy (non-hydrogen) atoms. The van der Waals surface area contributed by atoms with Gasteiger partial charge in [0, 0.05) is 39.0 Å². The van der Waals surface area contributed by atoms with Gasteiger partial charge in [0.15, 0.2) is 0 Å². The number of rotatable bonds is 8. The molecule has 0 atom stereocenters. The Labute approximate surface area is 108 Å². The van der Waals surface area contributed by atoms with E-state index in [9.17, 15) is 0 Å². The molecule has 0 saturated carbocycles. The molecule has 0 spiro atoms. The maximum Gasteiger partial charge on any atom is 0.144 e. The van der Waals surface area contributed by atoms with Gasteiger partial charge in [-0.25, -0.2) is 9.97 Å². The van der Waals surface area contributed by atoms with Gasteiger partial charge in [0.25, 0.3) is 0 Å². The zero-order chi connectivity index (χ0) is 13.4. The zero-order valence-corrected chi connectivity index (χ0v) is 11.3. The number of ether oxygens (including phenoxy) is 1. The summed E-state index contributed by atoms with van der Waals surface area (Å²) in [5.41, 5.74) is 0.931. The van der Waals surface area contributed by atoms with Crippen molar-refractivity contribution < 1.29 is 9.84 Å². The summed E-state index contributed by atoms with van der Waals surface area (Å²) in [7, 11) is 3.50. The number of nitrogens with zero attached hydrogens (tertiary/aromatic N) is 3. The molecule has 1 rings (SSSR count). The summed E-state index contributed by atoms with van der Waals surface area (Å²) in [6.07, 6.45) is 0. The Hall–Kier alpha value is -1.24. The van der Waals surface area contributed by atoms with E-state index in [2.05, 4.69) is 20.2 Å². The zero-order valence-electron chi connectivity index (χ0n) is 11.3. The molecule has 0 aliphatic carbocycles. The third kappa shape index (κ3) is 4.95. The Kier molecular flexibility index (Phi) is 6.56. The molecule has 6 nitrogen and oxygen atoms in total. The highest BCUT2D eigenvalue weighted by Crippen LogP contribution is 2.07. The van der Waals surface area contributed by atoms with Crippen molar-refractivity contribution in [3.05, 3.63) is 17.6 Å². The number of hydrogen-bond acceptors (Lipinski definition) is 6. The molecule has 102 valence electrons. The van der Waals surface area contributed by atoms with Crippen LogP contribution in [0.2, 0.25) is 0 Å². The molecule has 0 bridgehead atoms. The maximum absolute atomic E-state index is 9.03. The van der Waals surface area contributed by atoms with Crippen LogP contribution in [0, 0.1) is 6.92 Å². The molecule has 0 radical (unpaired) electrons. The second-order valence-electron chi connectivity index (χ2n) is 4.05. The van der Waals surface area contributed by atoms with Gasteiger partial charge >= 0.3 is 0 Å². The monoisotopic (exact) mass is 254 g/mol. The van der Waals surface area contributed by atoms with Crippen molar-refractivity contribution in [1.29, 1.82) is 0 Å². The van der Waals surface area contributed by atoms with E-state index in [1.54, 1.807) is 7.11 Å². The minimum atomic E-state index is 0.119. The first-order chi connectivity index (χ1) is 8.69. The molecule has 0 amide bonds. The second kappa shape index (κ2) is 7.97. The van der Waals surface area contributed by atoms with Gasteiger partial charge < -0.3 is 15.2 Å². The standard InChI is InChI=1S/C12H22N4O2/c1-10-8-11(13-2)15-12(14-10)9-16(4-6-17)5-7-18-3/h8,17H,4-7,9H2,1-3H3,(H,13,14,15). The van der Waals surface area contributed by atoms with Crippen LogP contribution in [-0.2, 0) is 11.3 Å². The molecule has 0 aliphatic rings. The lowest BCUT2D eigenvalue weighted by Crippen LogP contribution is -2.30. The molecule has 0 saturated heterocycles. The van der Waals surface area contributed by atoms with Crippen molar-refractivity contribution in [2.75, 3.05) is 45.8 Å². The highest BCUT2D eigenvalue weighted by atomic mass is 16.5. The lowest BCUT2D eigenvalue weighted by molar-refractivity contribution is 0.125. The molecule has 0 aliphatic heterocycles. The summed E-state index contributed by atoms with van der Waals surface area (Å²) in [4.78, 5) is 10.9. The topological polar surface area (TPSA) is 70.5 Å². The van der Waals surface area contributed by atoms with E-state index in [0.29, 0.717) is 19.7 Å². The second-order valence-corrected chi connectivity index (χ2v) is 4.05. The highest BCUT2D eigenvalue weighted by Gasteiger charge is 2.08. The van der Waals surface area contributed by atoms with Crippen LogP contribution in [0.3, 0.4) is 0 Å². The van der Waals surface area contributed by atoms with Crippen LogP contribution < -0.4 is 5.32 Å². The summed E-state index contributed by atoms with van der Waals surface area (Å²) in [5.74, 6) is 1.57. The van der Waals surface area contributed by atoms with E-state index >= 15 is 0 Å². The fourth-order valence-corrected chi connectivity index (χ4v) is 1.66. The van der Waals surface area contributed by atoms with Gasteiger partial charge in [-0.3, -0.25) is 4.90 Å². The third-order valence-corrected chi connectivity index (χ3v) is 2.55. The summed E-state index contributed by atoms with van der Waals surface area (Å²) >= 11 is 0. The summed E-state index contributed by atoms with van der Waals surface area (Å²) in [6, 6.07) is 1.90. The first-order valence-corrected chi connectivity index (χ1v) is 6.04. The average molecular weight is 254 g/mol. The molecule has 6 heteroatoms. The van der Waals surface area contributed by atoms with Crippen LogP contribution in [0.5, 0.6) is 0 Å². The van der Waals surface area contributed by atoms with E-state index in [1.165, 1.54) is 0 Å². The molecule has 1 heterocycles. The Bertz CT molecular complexity index is 360. The van der Waals surface area contributed by atoms with Gasteiger partial charge in [0.2, 0.25) is 0 Å². The van der Waals surface area contributed by atoms with Crippen LogP contribution in [0.4, 0.5) is 5.82 Å². The van der Waals surface area contributed by atoms with Crippen molar-refractivity contribution in [3.8, 4) is 0 Å². The molecule has 1 aromatic heterocycles. The molecular formula is C12H22N4O2. The third-order valence-electron chi connectivity index (χ3n) is 2.55. The lowest BCUT2D eigenvalue weighted by atomic mass is 10.4. The fourth-order valence-electron chi connectivity index (χ4n) is 1.66. The Morgan fingerprint density at radius 2 is 2.17 bits per heavy atom. The van der Waals surface area contributed by atoms with Crippen molar-refractivity contribution in [2.45, 2.75) is 13.5 Å². The van der Waals surface area contributed by atoms with E-state index in [1.807, 2.05) is 20.0 Å². The highest BCUT2D eigenvalue weighted by molar-refractivity contribution is 5.34. The van der Waals surface area contributed by atoms with Crippen LogP contribution in [-0.4, -0.2) is 60.4 Å². The van der Waals surface area contributed by atoms with Gasteiger partial charge in [-0.15, -0.1) is 0 Å². The smallest absolute Gasteiger partial charge is 0.144 e. The fraction of sp³-hybridized carbons (Fsp3) is 0.667. The minimum absolute atomic E-state index is 0.119. The quantitative estimate of drug-likeness (QED) is 0.694. The predicted molar refractivity (Wildman–Crippen MR) is 70.6 cm³/mol. The van der Waals surface area contributed by atoms with E-state index in [-0.39, 0.29) is 6.61 Å². The number of aryl methyl sites for hydroxylation is 1. The van der Waals surface area contributed by atoms with Crippen LogP contribution in [0.1, 0.15) is 11.5 Å². The molecule has 0 unspecified atom stereocenters. The van der Waals surface area contributed by atoms with E-state index in [4.69, 9.17) is 9.84 Å². The predicted octanol–water partition coefficient (Wildman–Crippen LogP) is 0.267. The van der Waals surface area contributed by atoms with E-state index < -0.39 is 0 Å². The summed E-state index contributed by atoms with van der Waals surface area (Å²) in [6.45, 7) is 4.65. The van der Waals surface area contributed by atoms with Gasteiger partial charge in [-0.05, 0) is 6.92 Å². The number of methoxy groups -OCH3 is 1. The van der Waals surface area contributed by atoms with Crippen molar-refractivity contribution in [3.63, 3.8) is 0 Å². The first-order valence-electron chi connectivity index (χ1n) is 6.04. The summed E-state index contributed by atoms with van der Waals surface area (Å²) < 4.78 is 5.05. The Morgan fingerprint density at radius 3 is 2.78 bits per heavy atom. The summed E-state index contributed by atoms with van der Waals surface area (Å²) in [5, 5.41) is 12.0. The number of nitrogens with one attached hydrogen (secondary N) is 1. The van der Waals surface area contributed by atoms with Gasteiger partial charge in [-0.1, -0.05) is 0 Å². The Balaban J connectivity index is 2.69. The maximum atomic E-state index is 9.03. The number of anilines is 1. The number of aliphatic hydroxyl groups is 1. The number of aromatic nitrogens is 2. The van der Waals surface area contributed by atoms with Gasteiger partial charge in [0.1, 0.15) is 11.6 Å². The molecular weight excluding hydrogens is 232 g/mol.